The molecule has 2 N–H and O–H groups in total. The molecule has 0 bridgehead atoms. The first-order chi connectivity index (χ1) is 14.8. The summed E-state index contributed by atoms with van der Waals surface area (Å²) in [4.78, 5) is 16.9. The van der Waals surface area contributed by atoms with Crippen LogP contribution in [0.2, 0.25) is 5.02 Å². The molecule has 3 aromatic rings. The monoisotopic (exact) mass is 440 g/mol. The Morgan fingerprint density at radius 1 is 1.35 bits per heavy atom. The molecule has 8 nitrogen and oxygen atoms in total. The van der Waals surface area contributed by atoms with Gasteiger partial charge in [-0.25, -0.2) is 4.98 Å². The quantitative estimate of drug-likeness (QED) is 0.559. The van der Waals surface area contributed by atoms with Gasteiger partial charge in [0.05, 0.1) is 28.9 Å². The van der Waals surface area contributed by atoms with Crippen molar-refractivity contribution in [3.63, 3.8) is 0 Å². The van der Waals surface area contributed by atoms with Crippen LogP contribution in [0.15, 0.2) is 36.7 Å². The van der Waals surface area contributed by atoms with Crippen molar-refractivity contribution in [3.05, 3.63) is 58.8 Å². The maximum absolute atomic E-state index is 12.6. The van der Waals surface area contributed by atoms with Crippen molar-refractivity contribution in [1.29, 1.82) is 5.26 Å². The van der Waals surface area contributed by atoms with E-state index in [1.165, 1.54) is 0 Å². The zero-order valence-electron chi connectivity index (χ0n) is 17.7. The number of rotatable bonds is 8. The van der Waals surface area contributed by atoms with Crippen LogP contribution in [0.1, 0.15) is 42.1 Å². The highest BCUT2D eigenvalue weighted by Gasteiger charge is 2.16. The average molecular weight is 441 g/mol. The Labute approximate surface area is 186 Å². The Morgan fingerprint density at radius 3 is 2.81 bits per heavy atom. The van der Waals surface area contributed by atoms with Crippen LogP contribution in [0.4, 0.5) is 0 Å². The number of aryl methyl sites for hydroxylation is 2. The number of amides is 1. The van der Waals surface area contributed by atoms with Gasteiger partial charge < -0.3 is 15.0 Å². The summed E-state index contributed by atoms with van der Waals surface area (Å²) in [5, 5.41) is 26.3. The maximum atomic E-state index is 12.6. The maximum Gasteiger partial charge on any atom is 0.271 e. The number of benzene rings is 1. The van der Waals surface area contributed by atoms with E-state index in [-0.39, 0.29) is 11.9 Å². The summed E-state index contributed by atoms with van der Waals surface area (Å²) >= 11 is 6.11. The molecule has 1 amide bonds. The van der Waals surface area contributed by atoms with Crippen LogP contribution in [-0.2, 0) is 13.1 Å². The number of aliphatic hydroxyl groups excluding tert-OH is 1. The van der Waals surface area contributed by atoms with Crippen LogP contribution in [0, 0.1) is 18.3 Å². The van der Waals surface area contributed by atoms with Crippen molar-refractivity contribution in [2.24, 2.45) is 0 Å². The number of aromatic nitrogens is 4. The molecule has 2 atom stereocenters. The molecular formula is C22H25ClN6O2. The lowest BCUT2D eigenvalue weighted by Crippen LogP contribution is -2.36. The number of hydrogen-bond donors (Lipinski definition) is 2. The van der Waals surface area contributed by atoms with E-state index in [1.807, 2.05) is 36.7 Å². The van der Waals surface area contributed by atoms with Crippen LogP contribution < -0.4 is 5.32 Å². The molecule has 0 fully saturated rings. The van der Waals surface area contributed by atoms with Crippen molar-refractivity contribution in [1.82, 2.24) is 24.6 Å². The number of nitrogens with zero attached hydrogens (tertiary/aromatic N) is 5. The lowest BCUT2D eigenvalue weighted by atomic mass is 10.1. The Bertz CT molecular complexity index is 1110. The molecule has 0 aliphatic heterocycles. The lowest BCUT2D eigenvalue weighted by molar-refractivity contribution is 0.0931. The Balaban J connectivity index is 1.61. The van der Waals surface area contributed by atoms with E-state index in [2.05, 4.69) is 15.4 Å². The summed E-state index contributed by atoms with van der Waals surface area (Å²) in [6.45, 7) is 6.56. The zero-order valence-corrected chi connectivity index (χ0v) is 18.5. The minimum absolute atomic E-state index is 0.173. The molecule has 0 aliphatic carbocycles. The van der Waals surface area contributed by atoms with Gasteiger partial charge in [-0.05, 0) is 45.4 Å². The minimum atomic E-state index is -0.404. The number of halogens is 1. The van der Waals surface area contributed by atoms with E-state index in [0.29, 0.717) is 35.8 Å². The first kappa shape index (κ1) is 22.5. The van der Waals surface area contributed by atoms with Crippen LogP contribution in [0.3, 0.4) is 0 Å². The number of carbonyl (C=O) groups is 1. The largest absolute Gasteiger partial charge is 0.393 e. The van der Waals surface area contributed by atoms with Crippen molar-refractivity contribution in [2.45, 2.75) is 52.4 Å². The van der Waals surface area contributed by atoms with Gasteiger partial charge in [0.2, 0.25) is 0 Å². The highest BCUT2D eigenvalue weighted by Crippen LogP contribution is 2.24. The second-order valence-electron chi connectivity index (χ2n) is 7.61. The van der Waals surface area contributed by atoms with Crippen LogP contribution in [0.25, 0.3) is 11.3 Å². The average Bonchev–Trinajstić information content (AvgIpc) is 3.32. The van der Waals surface area contributed by atoms with Gasteiger partial charge in [0.1, 0.15) is 17.6 Å². The van der Waals surface area contributed by atoms with Crippen molar-refractivity contribution < 1.29 is 9.90 Å². The van der Waals surface area contributed by atoms with Crippen molar-refractivity contribution in [3.8, 4) is 17.3 Å². The van der Waals surface area contributed by atoms with E-state index in [9.17, 15) is 9.90 Å². The predicted octanol–water partition coefficient (Wildman–Crippen LogP) is 3.17. The molecule has 2 heterocycles. The van der Waals surface area contributed by atoms with Gasteiger partial charge in [-0.15, -0.1) is 0 Å². The number of nitriles is 1. The Morgan fingerprint density at radius 2 is 2.13 bits per heavy atom. The molecule has 31 heavy (non-hydrogen) atoms. The highest BCUT2D eigenvalue weighted by molar-refractivity contribution is 6.32. The van der Waals surface area contributed by atoms with Crippen LogP contribution in [0.5, 0.6) is 0 Å². The standard InChI is InChI=1S/C22H25ClN6O2/c1-14(25-22(31)21-13-28(16(3)26-21)8-6-15(2)30)12-29-9-7-20(27-29)17-4-5-18(11-24)19(23)10-17/h4-5,7,9-10,13-15,30H,6,8,12H2,1-3H3,(H,25,31). The van der Waals surface area contributed by atoms with E-state index in [1.54, 1.807) is 36.0 Å². The van der Waals surface area contributed by atoms with Gasteiger partial charge in [0, 0.05) is 30.5 Å². The number of aliphatic hydroxyl groups is 1. The SMILES string of the molecule is Cc1nc(C(=O)NC(C)Cn2ccc(-c3ccc(C#N)c(Cl)c3)n2)cn1CCC(C)O. The van der Waals surface area contributed by atoms with E-state index in [4.69, 9.17) is 16.9 Å². The third kappa shape index (κ3) is 5.72. The fourth-order valence-corrected chi connectivity index (χ4v) is 3.40. The second-order valence-corrected chi connectivity index (χ2v) is 8.02. The minimum Gasteiger partial charge on any atom is -0.393 e. The van der Waals surface area contributed by atoms with E-state index >= 15 is 0 Å². The van der Waals surface area contributed by atoms with E-state index in [0.717, 1.165) is 17.1 Å². The molecule has 3 rings (SSSR count). The summed E-state index contributed by atoms with van der Waals surface area (Å²) in [5.74, 6) is 0.480. The van der Waals surface area contributed by atoms with Crippen LogP contribution >= 0.6 is 11.6 Å². The number of nitrogens with one attached hydrogen (secondary N) is 1. The van der Waals surface area contributed by atoms with Crippen molar-refractivity contribution >= 4 is 17.5 Å². The summed E-state index contributed by atoms with van der Waals surface area (Å²) < 4.78 is 3.62. The van der Waals surface area contributed by atoms with Gasteiger partial charge in [-0.1, -0.05) is 17.7 Å². The number of imidazole rings is 1. The van der Waals surface area contributed by atoms with Gasteiger partial charge in [0.15, 0.2) is 0 Å². The van der Waals surface area contributed by atoms with Crippen molar-refractivity contribution in [2.75, 3.05) is 0 Å². The van der Waals surface area contributed by atoms with Crippen LogP contribution in [-0.4, -0.2) is 42.5 Å². The first-order valence-corrected chi connectivity index (χ1v) is 10.4. The Hall–Kier alpha value is -3.15. The molecule has 9 heteroatoms. The second kappa shape index (κ2) is 9.77. The predicted molar refractivity (Wildman–Crippen MR) is 118 cm³/mol. The fraction of sp³-hybridized carbons (Fsp3) is 0.364. The number of carbonyl (C=O) groups excluding carboxylic acids is 1. The topological polar surface area (TPSA) is 109 Å². The lowest BCUT2D eigenvalue weighted by Gasteiger charge is -2.13. The zero-order chi connectivity index (χ0) is 22.5. The fourth-order valence-electron chi connectivity index (χ4n) is 3.18. The molecule has 2 aromatic heterocycles. The molecule has 1 aromatic carbocycles. The van der Waals surface area contributed by atoms with Gasteiger partial charge >= 0.3 is 0 Å². The molecule has 0 aliphatic rings. The van der Waals surface area contributed by atoms with Gasteiger partial charge in [-0.2, -0.15) is 10.4 Å². The molecule has 0 saturated heterocycles. The normalized spacial score (nSPS) is 12.9. The third-order valence-corrected chi connectivity index (χ3v) is 5.17. The summed E-state index contributed by atoms with van der Waals surface area (Å²) in [7, 11) is 0. The summed E-state index contributed by atoms with van der Waals surface area (Å²) in [5.41, 5.74) is 2.32. The van der Waals surface area contributed by atoms with E-state index < -0.39 is 6.10 Å². The molecule has 0 saturated carbocycles. The molecule has 0 spiro atoms. The molecule has 0 radical (unpaired) electrons. The third-order valence-electron chi connectivity index (χ3n) is 4.86. The molecular weight excluding hydrogens is 416 g/mol. The van der Waals surface area contributed by atoms with Gasteiger partial charge in [-0.3, -0.25) is 9.48 Å². The number of hydrogen-bond acceptors (Lipinski definition) is 5. The summed E-state index contributed by atoms with van der Waals surface area (Å²) in [6.07, 6.45) is 3.73. The smallest absolute Gasteiger partial charge is 0.271 e. The van der Waals surface area contributed by atoms with Gasteiger partial charge in [0.25, 0.3) is 5.91 Å². The first-order valence-electron chi connectivity index (χ1n) is 10.0. The highest BCUT2D eigenvalue weighted by atomic mass is 35.5. The molecule has 2 unspecified atom stereocenters. The Kier molecular flexibility index (Phi) is 7.10. The summed E-state index contributed by atoms with van der Waals surface area (Å²) in [6, 6.07) is 8.91. The molecule has 162 valence electrons.